The van der Waals surface area contributed by atoms with E-state index >= 15 is 0 Å². The summed E-state index contributed by atoms with van der Waals surface area (Å²) in [5.74, 6) is -1.81. The van der Waals surface area contributed by atoms with Crippen LogP contribution in [0.3, 0.4) is 0 Å². The van der Waals surface area contributed by atoms with Gasteiger partial charge in [0.15, 0.2) is 16.7 Å². The van der Waals surface area contributed by atoms with Gasteiger partial charge in [-0.3, -0.25) is 10.3 Å². The first-order valence-corrected chi connectivity index (χ1v) is 9.44. The number of aryl methyl sites for hydroxylation is 1. The van der Waals surface area contributed by atoms with Crippen molar-refractivity contribution in [3.63, 3.8) is 0 Å². The number of anilines is 1. The molecule has 0 saturated carbocycles. The molecule has 148 valence electrons. The van der Waals surface area contributed by atoms with Gasteiger partial charge >= 0.3 is 0 Å². The summed E-state index contributed by atoms with van der Waals surface area (Å²) in [6.07, 6.45) is 1.15. The summed E-state index contributed by atoms with van der Waals surface area (Å²) in [5, 5.41) is 3.63. The van der Waals surface area contributed by atoms with Crippen molar-refractivity contribution in [1.29, 1.82) is 0 Å². The molecule has 0 amide bonds. The molecule has 1 aliphatic rings. The van der Waals surface area contributed by atoms with Gasteiger partial charge in [-0.05, 0) is 36.8 Å². The molecular weight excluding hydrogens is 380 g/mol. The van der Waals surface area contributed by atoms with E-state index in [2.05, 4.69) is 58.8 Å². The lowest BCUT2D eigenvalue weighted by Gasteiger charge is -2.36. The summed E-state index contributed by atoms with van der Waals surface area (Å²) >= 11 is 4.61. The van der Waals surface area contributed by atoms with E-state index in [4.69, 9.17) is 5.73 Å². The van der Waals surface area contributed by atoms with E-state index in [0.717, 1.165) is 25.8 Å². The van der Waals surface area contributed by atoms with Gasteiger partial charge in [0, 0.05) is 38.3 Å². The second-order valence-corrected chi connectivity index (χ2v) is 7.22. The van der Waals surface area contributed by atoms with Gasteiger partial charge in [-0.25, -0.2) is 8.78 Å². The fourth-order valence-corrected chi connectivity index (χ4v) is 3.21. The molecule has 0 radical (unpaired) electrons. The van der Waals surface area contributed by atoms with E-state index in [0.29, 0.717) is 13.1 Å². The van der Waals surface area contributed by atoms with Crippen LogP contribution in [0.25, 0.3) is 0 Å². The van der Waals surface area contributed by atoms with Crippen LogP contribution in [-0.2, 0) is 6.54 Å². The highest BCUT2D eigenvalue weighted by atomic mass is 32.1. The van der Waals surface area contributed by atoms with Gasteiger partial charge in [-0.1, -0.05) is 29.8 Å². The van der Waals surface area contributed by atoms with E-state index in [9.17, 15) is 8.78 Å². The molecule has 0 bridgehead atoms. The second-order valence-electron chi connectivity index (χ2n) is 6.78. The number of hydrogen-bond donors (Lipinski definition) is 2. The van der Waals surface area contributed by atoms with Crippen LogP contribution in [0.4, 0.5) is 14.5 Å². The monoisotopic (exact) mass is 403 g/mol. The van der Waals surface area contributed by atoms with Crippen LogP contribution in [0, 0.1) is 18.6 Å². The zero-order valence-electron chi connectivity index (χ0n) is 15.7. The summed E-state index contributed by atoms with van der Waals surface area (Å²) in [5.41, 5.74) is 10.4. The van der Waals surface area contributed by atoms with Gasteiger partial charge in [-0.15, -0.1) is 0 Å². The molecular formula is C20H23F2N5S. The predicted octanol–water partition coefficient (Wildman–Crippen LogP) is 2.76. The standard InChI is InChI=1S/C20H23F2N5S/c1-14-2-4-15(5-3-14)13-26-8-10-27(11-9-26)17-7-6-16(18(21)19(17)22)12-24-25-20(23)28/h2-7,12H,8-11,13H2,1H3,(H3,23,25,28). The molecule has 3 N–H and O–H groups in total. The number of nitrogens with two attached hydrogens (primary N) is 1. The Labute approximate surface area is 168 Å². The van der Waals surface area contributed by atoms with Gasteiger partial charge in [0.25, 0.3) is 0 Å². The van der Waals surface area contributed by atoms with Gasteiger partial charge in [0.2, 0.25) is 0 Å². The maximum atomic E-state index is 14.6. The number of piperazine rings is 1. The number of nitrogens with one attached hydrogen (secondary N) is 1. The Balaban J connectivity index is 1.62. The molecule has 1 aliphatic heterocycles. The molecule has 0 atom stereocenters. The molecule has 1 fully saturated rings. The lowest BCUT2D eigenvalue weighted by atomic mass is 10.1. The Morgan fingerprint density at radius 1 is 1.11 bits per heavy atom. The number of thiocarbonyl (C=S) groups is 1. The Morgan fingerprint density at radius 3 is 2.43 bits per heavy atom. The normalized spacial score (nSPS) is 15.2. The van der Waals surface area contributed by atoms with Gasteiger partial charge in [0.1, 0.15) is 0 Å². The molecule has 1 saturated heterocycles. The van der Waals surface area contributed by atoms with Crippen LogP contribution in [0.2, 0.25) is 0 Å². The number of hydrogen-bond acceptors (Lipinski definition) is 4. The minimum absolute atomic E-state index is 0.0306. The van der Waals surface area contributed by atoms with Crippen molar-refractivity contribution in [3.05, 3.63) is 64.7 Å². The molecule has 0 unspecified atom stereocenters. The van der Waals surface area contributed by atoms with Crippen molar-refractivity contribution < 1.29 is 8.78 Å². The highest BCUT2D eigenvalue weighted by Gasteiger charge is 2.22. The lowest BCUT2D eigenvalue weighted by molar-refractivity contribution is 0.249. The maximum absolute atomic E-state index is 14.6. The average Bonchev–Trinajstić information content (AvgIpc) is 2.68. The summed E-state index contributed by atoms with van der Waals surface area (Å²) in [4.78, 5) is 4.19. The summed E-state index contributed by atoms with van der Waals surface area (Å²) in [6, 6.07) is 11.5. The Morgan fingerprint density at radius 2 is 1.79 bits per heavy atom. The minimum Gasteiger partial charge on any atom is -0.375 e. The topological polar surface area (TPSA) is 56.9 Å². The molecule has 8 heteroatoms. The Kier molecular flexibility index (Phi) is 6.53. The molecule has 2 aromatic rings. The van der Waals surface area contributed by atoms with Crippen LogP contribution >= 0.6 is 12.2 Å². The van der Waals surface area contributed by atoms with E-state index in [1.807, 2.05) is 4.90 Å². The van der Waals surface area contributed by atoms with E-state index in [1.165, 1.54) is 17.2 Å². The van der Waals surface area contributed by atoms with Gasteiger partial charge in [0.05, 0.1) is 11.9 Å². The first-order chi connectivity index (χ1) is 13.4. The lowest BCUT2D eigenvalue weighted by Crippen LogP contribution is -2.46. The largest absolute Gasteiger partial charge is 0.375 e. The van der Waals surface area contributed by atoms with Crippen LogP contribution in [0.1, 0.15) is 16.7 Å². The summed E-state index contributed by atoms with van der Waals surface area (Å²) in [6.45, 7) is 5.77. The molecule has 2 aromatic carbocycles. The highest BCUT2D eigenvalue weighted by Crippen LogP contribution is 2.25. The number of hydrazone groups is 1. The van der Waals surface area contributed by atoms with Crippen LogP contribution in [0.5, 0.6) is 0 Å². The van der Waals surface area contributed by atoms with Crippen molar-refractivity contribution in [2.45, 2.75) is 13.5 Å². The molecule has 0 spiro atoms. The average molecular weight is 404 g/mol. The number of halogens is 2. The van der Waals surface area contributed by atoms with E-state index < -0.39 is 11.6 Å². The van der Waals surface area contributed by atoms with Crippen molar-refractivity contribution in [1.82, 2.24) is 10.3 Å². The minimum atomic E-state index is -0.937. The van der Waals surface area contributed by atoms with E-state index in [-0.39, 0.29) is 16.4 Å². The van der Waals surface area contributed by atoms with Gasteiger partial charge < -0.3 is 10.6 Å². The third-order valence-electron chi connectivity index (χ3n) is 4.71. The second kappa shape index (κ2) is 9.07. The van der Waals surface area contributed by atoms with Crippen LogP contribution < -0.4 is 16.1 Å². The number of rotatable bonds is 5. The fraction of sp³-hybridized carbons (Fsp3) is 0.300. The molecule has 5 nitrogen and oxygen atoms in total. The van der Waals surface area contributed by atoms with Crippen molar-refractivity contribution >= 4 is 29.2 Å². The highest BCUT2D eigenvalue weighted by molar-refractivity contribution is 7.80. The first-order valence-electron chi connectivity index (χ1n) is 9.03. The van der Waals surface area contributed by atoms with Crippen molar-refractivity contribution in [3.8, 4) is 0 Å². The molecule has 1 heterocycles. The zero-order valence-corrected chi connectivity index (χ0v) is 16.5. The molecule has 3 rings (SSSR count). The summed E-state index contributed by atoms with van der Waals surface area (Å²) in [7, 11) is 0. The van der Waals surface area contributed by atoms with Crippen molar-refractivity contribution in [2.75, 3.05) is 31.1 Å². The molecule has 0 aromatic heterocycles. The maximum Gasteiger partial charge on any atom is 0.184 e. The molecule has 0 aliphatic carbocycles. The zero-order chi connectivity index (χ0) is 20.1. The third-order valence-corrected chi connectivity index (χ3v) is 4.80. The molecule has 28 heavy (non-hydrogen) atoms. The Hall–Kier alpha value is -2.58. The van der Waals surface area contributed by atoms with Crippen LogP contribution in [-0.4, -0.2) is 42.4 Å². The fourth-order valence-electron chi connectivity index (χ4n) is 3.16. The quantitative estimate of drug-likeness (QED) is 0.457. The summed E-state index contributed by atoms with van der Waals surface area (Å²) < 4.78 is 28.9. The van der Waals surface area contributed by atoms with Crippen LogP contribution in [0.15, 0.2) is 41.5 Å². The van der Waals surface area contributed by atoms with Crippen molar-refractivity contribution in [2.24, 2.45) is 10.8 Å². The van der Waals surface area contributed by atoms with E-state index in [1.54, 1.807) is 6.07 Å². The number of benzene rings is 2. The smallest absolute Gasteiger partial charge is 0.184 e. The van der Waals surface area contributed by atoms with Gasteiger partial charge in [-0.2, -0.15) is 5.10 Å². The SMILES string of the molecule is Cc1ccc(CN2CCN(c3ccc(C=NNC(N)=S)c(F)c3F)CC2)cc1. The number of nitrogens with zero attached hydrogens (tertiary/aromatic N) is 3. The predicted molar refractivity (Wildman–Crippen MR) is 113 cm³/mol. The first kappa shape index (κ1) is 20.2. The Bertz CT molecular complexity index is 862. The third kappa shape index (κ3) is 5.02.